The van der Waals surface area contributed by atoms with Crippen LogP contribution in [0.1, 0.15) is 0 Å². The summed E-state index contributed by atoms with van der Waals surface area (Å²) in [5.74, 6) is 0. The predicted octanol–water partition coefficient (Wildman–Crippen LogP) is 11.2. The van der Waals surface area contributed by atoms with Gasteiger partial charge in [-0.25, -0.2) is 0 Å². The molecule has 0 atom stereocenters. The van der Waals surface area contributed by atoms with E-state index in [-0.39, 0.29) is 6.85 Å². The highest BCUT2D eigenvalue weighted by atomic mass is 32.1. The summed E-state index contributed by atoms with van der Waals surface area (Å²) in [6.45, 7) is -0.0713. The molecule has 7 aromatic carbocycles. The van der Waals surface area contributed by atoms with Gasteiger partial charge in [0.25, 0.3) is 0 Å². The number of benzene rings is 7. The SMILES string of the molecule is c1ccc(-c2cc3ccsc3cc2N2c3ccccc3B3c4c(cccc42)-c2ccccc2N3c2cccc3c2oc2ccccc23)cc1. The summed E-state index contributed by atoms with van der Waals surface area (Å²) in [5.41, 5.74) is 15.1. The molecule has 49 heavy (non-hydrogen) atoms. The Balaban J connectivity index is 1.23. The molecule has 0 saturated heterocycles. The summed E-state index contributed by atoms with van der Waals surface area (Å²) < 4.78 is 7.99. The van der Waals surface area contributed by atoms with Crippen LogP contribution in [0, 0.1) is 0 Å². The molecule has 9 aromatic rings. The van der Waals surface area contributed by atoms with Crippen LogP contribution in [0.2, 0.25) is 0 Å². The van der Waals surface area contributed by atoms with Crippen molar-refractivity contribution in [2.24, 2.45) is 0 Å². The van der Waals surface area contributed by atoms with Crippen molar-refractivity contribution in [1.29, 1.82) is 0 Å². The quantitative estimate of drug-likeness (QED) is 0.179. The summed E-state index contributed by atoms with van der Waals surface area (Å²) in [4.78, 5) is 5.04. The van der Waals surface area contributed by atoms with Crippen LogP contribution in [0.3, 0.4) is 0 Å². The Morgan fingerprint density at radius 2 is 1.22 bits per heavy atom. The molecule has 5 heteroatoms. The second-order valence-electron chi connectivity index (χ2n) is 12.9. The highest BCUT2D eigenvalue weighted by Gasteiger charge is 2.45. The Labute approximate surface area is 288 Å². The minimum atomic E-state index is -0.0713. The first kappa shape index (κ1) is 27.0. The first-order chi connectivity index (χ1) is 24.3. The van der Waals surface area contributed by atoms with Gasteiger partial charge in [-0.1, -0.05) is 109 Å². The van der Waals surface area contributed by atoms with Crippen molar-refractivity contribution in [1.82, 2.24) is 0 Å². The number of anilines is 5. The fourth-order valence-corrected chi connectivity index (χ4v) is 9.08. The maximum atomic E-state index is 6.71. The molecule has 0 saturated carbocycles. The van der Waals surface area contributed by atoms with Crippen molar-refractivity contribution >= 4 is 89.6 Å². The lowest BCUT2D eigenvalue weighted by Gasteiger charge is -2.45. The first-order valence-electron chi connectivity index (χ1n) is 16.7. The Morgan fingerprint density at radius 3 is 2.16 bits per heavy atom. The monoisotopic (exact) mass is 642 g/mol. The number of para-hydroxylation sites is 4. The normalized spacial score (nSPS) is 13.2. The van der Waals surface area contributed by atoms with Crippen molar-refractivity contribution in [3.63, 3.8) is 0 Å². The van der Waals surface area contributed by atoms with Gasteiger partial charge >= 0.3 is 6.85 Å². The number of thiophene rings is 1. The molecule has 4 heterocycles. The smallest absolute Gasteiger partial charge is 0.333 e. The van der Waals surface area contributed by atoms with E-state index in [0.29, 0.717) is 0 Å². The van der Waals surface area contributed by atoms with E-state index >= 15 is 0 Å². The van der Waals surface area contributed by atoms with E-state index in [1.54, 1.807) is 11.3 Å². The zero-order valence-electron chi connectivity index (χ0n) is 26.4. The molecule has 228 valence electrons. The van der Waals surface area contributed by atoms with Gasteiger partial charge in [-0.15, -0.1) is 11.3 Å². The zero-order chi connectivity index (χ0) is 32.1. The van der Waals surface area contributed by atoms with E-state index in [4.69, 9.17) is 4.42 Å². The van der Waals surface area contributed by atoms with Crippen molar-refractivity contribution < 1.29 is 4.42 Å². The number of rotatable bonds is 3. The molecule has 0 spiro atoms. The van der Waals surface area contributed by atoms with E-state index in [1.807, 2.05) is 6.07 Å². The van der Waals surface area contributed by atoms with Crippen LogP contribution >= 0.6 is 11.3 Å². The third-order valence-corrected chi connectivity index (χ3v) is 11.2. The largest absolute Gasteiger partial charge is 0.454 e. The van der Waals surface area contributed by atoms with Gasteiger partial charge in [0.2, 0.25) is 0 Å². The summed E-state index contributed by atoms with van der Waals surface area (Å²) in [6.07, 6.45) is 0. The van der Waals surface area contributed by atoms with Crippen LogP contribution in [0.4, 0.5) is 28.4 Å². The van der Waals surface area contributed by atoms with Crippen molar-refractivity contribution in [2.45, 2.75) is 0 Å². The van der Waals surface area contributed by atoms with Crippen LogP contribution in [0.25, 0.3) is 54.3 Å². The molecule has 2 aliphatic rings. The molecule has 0 amide bonds. The van der Waals surface area contributed by atoms with Crippen LogP contribution in [-0.4, -0.2) is 6.85 Å². The molecular formula is C44H27BN2OS. The van der Waals surface area contributed by atoms with E-state index in [2.05, 4.69) is 167 Å². The summed E-state index contributed by atoms with van der Waals surface area (Å²) in [6, 6.07) is 57.4. The Hall–Kier alpha value is -6.04. The van der Waals surface area contributed by atoms with E-state index < -0.39 is 0 Å². The Kier molecular flexibility index (Phi) is 5.63. The molecule has 11 rings (SSSR count). The van der Waals surface area contributed by atoms with E-state index in [1.165, 1.54) is 66.0 Å². The molecule has 2 aliphatic heterocycles. The highest BCUT2D eigenvalue weighted by Crippen LogP contribution is 2.50. The molecule has 2 aromatic heterocycles. The van der Waals surface area contributed by atoms with Crippen LogP contribution in [0.15, 0.2) is 168 Å². The second-order valence-corrected chi connectivity index (χ2v) is 13.8. The fourth-order valence-electron chi connectivity index (χ4n) is 8.28. The van der Waals surface area contributed by atoms with Crippen LogP contribution < -0.4 is 20.6 Å². The van der Waals surface area contributed by atoms with Gasteiger partial charge < -0.3 is 14.1 Å². The molecule has 0 N–H and O–H groups in total. The molecule has 0 bridgehead atoms. The molecule has 0 unspecified atom stereocenters. The standard InChI is InChI=1S/C44H27BN2OS/c1-2-12-28(13-3-1)34-26-29-24-25-49-42(29)27-40(34)46-37-20-8-6-18-35(37)45-43-32(16-10-21-38(43)46)30-14-4-7-19-36(30)47(45)39-22-11-17-33-31-15-5-9-23-41(31)48-44(33)39/h1-27H. The third-order valence-electron chi connectivity index (χ3n) is 10.3. The molecule has 0 fully saturated rings. The van der Waals surface area contributed by atoms with E-state index in [9.17, 15) is 0 Å². The lowest BCUT2D eigenvalue weighted by atomic mass is 9.43. The topological polar surface area (TPSA) is 19.6 Å². The predicted molar refractivity (Wildman–Crippen MR) is 208 cm³/mol. The van der Waals surface area contributed by atoms with Crippen LogP contribution in [0.5, 0.6) is 0 Å². The summed E-state index contributed by atoms with van der Waals surface area (Å²) in [7, 11) is 0. The molecule has 0 aliphatic carbocycles. The zero-order valence-corrected chi connectivity index (χ0v) is 27.2. The van der Waals surface area contributed by atoms with Gasteiger partial charge in [0.15, 0.2) is 5.58 Å². The van der Waals surface area contributed by atoms with Gasteiger partial charge in [-0.3, -0.25) is 0 Å². The number of hydrogen-bond acceptors (Lipinski definition) is 4. The van der Waals surface area contributed by atoms with Gasteiger partial charge in [0.05, 0.1) is 11.4 Å². The lowest BCUT2D eigenvalue weighted by Crippen LogP contribution is -2.61. The molecule has 0 radical (unpaired) electrons. The number of hydrogen-bond donors (Lipinski definition) is 0. The van der Waals surface area contributed by atoms with E-state index in [0.717, 1.165) is 27.6 Å². The molecule has 3 nitrogen and oxygen atoms in total. The lowest BCUT2D eigenvalue weighted by molar-refractivity contribution is 0.669. The minimum Gasteiger partial charge on any atom is -0.454 e. The average molecular weight is 643 g/mol. The Bertz CT molecular complexity index is 2770. The van der Waals surface area contributed by atoms with Crippen molar-refractivity contribution in [3.05, 3.63) is 163 Å². The maximum absolute atomic E-state index is 6.71. The maximum Gasteiger partial charge on any atom is 0.333 e. The minimum absolute atomic E-state index is 0.0713. The van der Waals surface area contributed by atoms with Crippen molar-refractivity contribution in [2.75, 3.05) is 9.71 Å². The number of furan rings is 1. The van der Waals surface area contributed by atoms with Gasteiger partial charge in [0, 0.05) is 43.7 Å². The number of fused-ring (bicyclic) bond motifs is 8. The van der Waals surface area contributed by atoms with Gasteiger partial charge in [0.1, 0.15) is 5.58 Å². The Morgan fingerprint density at radius 1 is 0.510 bits per heavy atom. The third kappa shape index (κ3) is 3.79. The molecular weight excluding hydrogens is 615 g/mol. The van der Waals surface area contributed by atoms with Gasteiger partial charge in [-0.2, -0.15) is 0 Å². The van der Waals surface area contributed by atoms with Gasteiger partial charge in [-0.05, 0) is 81.3 Å². The average Bonchev–Trinajstić information content (AvgIpc) is 3.79. The van der Waals surface area contributed by atoms with Crippen molar-refractivity contribution in [3.8, 4) is 22.3 Å². The summed E-state index contributed by atoms with van der Waals surface area (Å²) >= 11 is 1.80. The number of nitrogens with zero attached hydrogens (tertiary/aromatic N) is 2. The fraction of sp³-hybridized carbons (Fsp3) is 0. The first-order valence-corrected chi connectivity index (χ1v) is 17.6. The summed E-state index contributed by atoms with van der Waals surface area (Å²) in [5, 5.41) is 5.73. The highest BCUT2D eigenvalue weighted by molar-refractivity contribution is 7.17. The second kappa shape index (κ2) is 10.2. The van der Waals surface area contributed by atoms with Crippen LogP contribution in [-0.2, 0) is 0 Å².